The summed E-state index contributed by atoms with van der Waals surface area (Å²) in [4.78, 5) is 17.1. The molecule has 2 aromatic carbocycles. The number of hydrogen-bond acceptors (Lipinski definition) is 3. The zero-order valence-electron chi connectivity index (χ0n) is 15.7. The van der Waals surface area contributed by atoms with Crippen LogP contribution in [0.2, 0.25) is 0 Å². The van der Waals surface area contributed by atoms with Gasteiger partial charge in [0.2, 0.25) is 5.91 Å². The maximum absolute atomic E-state index is 12.9. The van der Waals surface area contributed by atoms with Gasteiger partial charge in [-0.15, -0.1) is 0 Å². The van der Waals surface area contributed by atoms with Crippen molar-refractivity contribution in [2.75, 3.05) is 19.6 Å². The lowest BCUT2D eigenvalue weighted by molar-refractivity contribution is -0.144. The number of rotatable bonds is 6. The highest BCUT2D eigenvalue weighted by molar-refractivity contribution is 5.78. The molecule has 2 atom stereocenters. The minimum atomic E-state index is 0.0967. The van der Waals surface area contributed by atoms with Gasteiger partial charge in [0.25, 0.3) is 0 Å². The molecule has 4 heteroatoms. The van der Waals surface area contributed by atoms with Crippen molar-refractivity contribution in [3.05, 3.63) is 71.8 Å². The molecule has 4 nitrogen and oxygen atoms in total. The molecule has 0 N–H and O–H groups in total. The number of nitrogens with zero attached hydrogens (tertiary/aromatic N) is 2. The van der Waals surface area contributed by atoms with E-state index >= 15 is 0 Å². The molecule has 1 fully saturated rings. The van der Waals surface area contributed by atoms with Crippen LogP contribution in [0.5, 0.6) is 0 Å². The Morgan fingerprint density at radius 3 is 1.85 bits per heavy atom. The second-order valence-corrected chi connectivity index (χ2v) is 7.17. The Morgan fingerprint density at radius 1 is 0.923 bits per heavy atom. The normalized spacial score (nSPS) is 20.3. The van der Waals surface area contributed by atoms with Crippen LogP contribution in [-0.4, -0.2) is 47.5 Å². The first-order valence-electron chi connectivity index (χ1n) is 9.33. The fraction of sp³-hybridized carbons (Fsp3) is 0.409. The molecule has 0 bridgehead atoms. The summed E-state index contributed by atoms with van der Waals surface area (Å²) in [5, 5.41) is 0. The van der Waals surface area contributed by atoms with Gasteiger partial charge >= 0.3 is 0 Å². The van der Waals surface area contributed by atoms with Crippen molar-refractivity contribution >= 4 is 5.91 Å². The molecule has 3 rings (SSSR count). The lowest BCUT2D eigenvalue weighted by Gasteiger charge is -2.36. The van der Waals surface area contributed by atoms with Crippen molar-refractivity contribution in [1.29, 1.82) is 0 Å². The highest BCUT2D eigenvalue weighted by Crippen LogP contribution is 2.14. The van der Waals surface area contributed by atoms with Crippen LogP contribution in [0.25, 0.3) is 0 Å². The van der Waals surface area contributed by atoms with Crippen LogP contribution in [0.3, 0.4) is 0 Å². The predicted molar refractivity (Wildman–Crippen MR) is 104 cm³/mol. The van der Waals surface area contributed by atoms with E-state index in [0.29, 0.717) is 19.6 Å². The molecule has 0 aliphatic carbocycles. The Labute approximate surface area is 156 Å². The average molecular weight is 352 g/mol. The smallest absolute Gasteiger partial charge is 0.236 e. The Balaban J connectivity index is 1.69. The molecule has 1 saturated heterocycles. The second kappa shape index (κ2) is 8.97. The number of carbonyl (C=O) groups excluding carboxylic acids is 1. The minimum absolute atomic E-state index is 0.0967. The van der Waals surface area contributed by atoms with Gasteiger partial charge in [0.15, 0.2) is 0 Å². The van der Waals surface area contributed by atoms with E-state index in [4.69, 9.17) is 4.74 Å². The molecule has 0 spiro atoms. The van der Waals surface area contributed by atoms with E-state index in [0.717, 1.165) is 13.1 Å². The molecule has 2 aromatic rings. The third-order valence-electron chi connectivity index (χ3n) is 4.63. The van der Waals surface area contributed by atoms with E-state index in [1.807, 2.05) is 55.1 Å². The third-order valence-corrected chi connectivity index (χ3v) is 4.63. The molecule has 26 heavy (non-hydrogen) atoms. The number of carbonyl (C=O) groups is 1. The lowest BCUT2D eigenvalue weighted by atomic mass is 10.1. The first-order valence-corrected chi connectivity index (χ1v) is 9.33. The van der Waals surface area contributed by atoms with Gasteiger partial charge in [-0.3, -0.25) is 9.69 Å². The molecule has 0 radical (unpaired) electrons. The number of benzene rings is 2. The van der Waals surface area contributed by atoms with E-state index in [9.17, 15) is 4.79 Å². The van der Waals surface area contributed by atoms with Crippen molar-refractivity contribution < 1.29 is 9.53 Å². The van der Waals surface area contributed by atoms with Crippen molar-refractivity contribution in [2.45, 2.75) is 39.1 Å². The third kappa shape index (κ3) is 5.41. The van der Waals surface area contributed by atoms with E-state index < -0.39 is 0 Å². The topological polar surface area (TPSA) is 32.8 Å². The Kier molecular flexibility index (Phi) is 6.42. The van der Waals surface area contributed by atoms with Gasteiger partial charge < -0.3 is 9.64 Å². The quantitative estimate of drug-likeness (QED) is 0.799. The van der Waals surface area contributed by atoms with Crippen LogP contribution in [0.1, 0.15) is 25.0 Å². The van der Waals surface area contributed by atoms with Gasteiger partial charge in [-0.2, -0.15) is 0 Å². The molecule has 138 valence electrons. The summed E-state index contributed by atoms with van der Waals surface area (Å²) in [6.45, 7) is 7.35. The minimum Gasteiger partial charge on any atom is -0.372 e. The standard InChI is InChI=1S/C22H28N2O2/c1-18-13-24(14-19(2)26-18)22(25)17-23(15-20-9-5-3-6-10-20)16-21-11-7-4-8-12-21/h3-12,18-19H,13-17H2,1-2H3. The Bertz CT molecular complexity index is 638. The number of morpholine rings is 1. The van der Waals surface area contributed by atoms with Gasteiger partial charge in [0.1, 0.15) is 0 Å². The van der Waals surface area contributed by atoms with Crippen molar-refractivity contribution in [3.63, 3.8) is 0 Å². The van der Waals surface area contributed by atoms with E-state index in [2.05, 4.69) is 29.2 Å². The molecule has 1 heterocycles. The van der Waals surface area contributed by atoms with Crippen LogP contribution in [0.15, 0.2) is 60.7 Å². The summed E-state index contributed by atoms with van der Waals surface area (Å²) < 4.78 is 5.76. The SMILES string of the molecule is CC1CN(C(=O)CN(Cc2ccccc2)Cc2ccccc2)CC(C)O1. The first kappa shape index (κ1) is 18.6. The van der Waals surface area contributed by atoms with Crippen LogP contribution >= 0.6 is 0 Å². The van der Waals surface area contributed by atoms with Crippen LogP contribution in [0.4, 0.5) is 0 Å². The van der Waals surface area contributed by atoms with Crippen LogP contribution in [-0.2, 0) is 22.6 Å². The van der Waals surface area contributed by atoms with Crippen molar-refractivity contribution in [2.24, 2.45) is 0 Å². The highest BCUT2D eigenvalue weighted by atomic mass is 16.5. The molecule has 1 amide bonds. The van der Waals surface area contributed by atoms with Gasteiger partial charge in [-0.25, -0.2) is 0 Å². The first-order chi connectivity index (χ1) is 12.6. The van der Waals surface area contributed by atoms with Crippen molar-refractivity contribution in [1.82, 2.24) is 9.80 Å². The fourth-order valence-corrected chi connectivity index (χ4v) is 3.52. The molecular weight excluding hydrogens is 324 g/mol. The highest BCUT2D eigenvalue weighted by Gasteiger charge is 2.26. The maximum atomic E-state index is 12.9. The number of ether oxygens (including phenoxy) is 1. The number of amides is 1. The Hall–Kier alpha value is -2.17. The summed E-state index contributed by atoms with van der Waals surface area (Å²) >= 11 is 0. The van der Waals surface area contributed by atoms with E-state index in [-0.39, 0.29) is 18.1 Å². The summed E-state index contributed by atoms with van der Waals surface area (Å²) in [7, 11) is 0. The fourth-order valence-electron chi connectivity index (χ4n) is 3.52. The predicted octanol–water partition coefficient (Wildman–Crippen LogP) is 3.32. The summed E-state index contributed by atoms with van der Waals surface area (Å²) in [6.07, 6.45) is 0.193. The van der Waals surface area contributed by atoms with Gasteiger partial charge in [0.05, 0.1) is 18.8 Å². The molecule has 2 unspecified atom stereocenters. The Morgan fingerprint density at radius 2 is 1.38 bits per heavy atom. The van der Waals surface area contributed by atoms with Crippen LogP contribution in [0, 0.1) is 0 Å². The summed E-state index contributed by atoms with van der Waals surface area (Å²) in [5.41, 5.74) is 2.44. The molecule has 1 aliphatic heterocycles. The zero-order chi connectivity index (χ0) is 18.4. The largest absolute Gasteiger partial charge is 0.372 e. The van der Waals surface area contributed by atoms with Gasteiger partial charge in [0, 0.05) is 26.2 Å². The molecular formula is C22H28N2O2. The van der Waals surface area contributed by atoms with Gasteiger partial charge in [-0.05, 0) is 25.0 Å². The van der Waals surface area contributed by atoms with E-state index in [1.54, 1.807) is 0 Å². The van der Waals surface area contributed by atoms with Crippen LogP contribution < -0.4 is 0 Å². The van der Waals surface area contributed by atoms with Crippen molar-refractivity contribution in [3.8, 4) is 0 Å². The zero-order valence-corrected chi connectivity index (χ0v) is 15.7. The second-order valence-electron chi connectivity index (χ2n) is 7.17. The van der Waals surface area contributed by atoms with E-state index in [1.165, 1.54) is 11.1 Å². The summed E-state index contributed by atoms with van der Waals surface area (Å²) in [5.74, 6) is 0.180. The monoisotopic (exact) mass is 352 g/mol. The maximum Gasteiger partial charge on any atom is 0.236 e. The molecule has 0 saturated carbocycles. The average Bonchev–Trinajstić information content (AvgIpc) is 2.62. The number of hydrogen-bond donors (Lipinski definition) is 0. The molecule has 0 aromatic heterocycles. The van der Waals surface area contributed by atoms with Gasteiger partial charge in [-0.1, -0.05) is 60.7 Å². The molecule has 1 aliphatic rings. The lowest BCUT2D eigenvalue weighted by Crippen LogP contribution is -2.50. The summed E-state index contributed by atoms with van der Waals surface area (Å²) in [6, 6.07) is 20.7.